The lowest BCUT2D eigenvalue weighted by Gasteiger charge is -2.28. The van der Waals surface area contributed by atoms with Crippen molar-refractivity contribution in [1.29, 1.82) is 0 Å². The maximum absolute atomic E-state index is 13.7. The predicted octanol–water partition coefficient (Wildman–Crippen LogP) is 2.44. The summed E-state index contributed by atoms with van der Waals surface area (Å²) in [7, 11) is 0. The number of Topliss-reactive ketones (excluding diaryl/α,β-unsaturated/α-hetero) is 1. The van der Waals surface area contributed by atoms with Crippen molar-refractivity contribution in [3.63, 3.8) is 0 Å². The molecule has 3 atom stereocenters. The van der Waals surface area contributed by atoms with E-state index in [1.165, 1.54) is 0 Å². The highest BCUT2D eigenvalue weighted by molar-refractivity contribution is 6.28. The summed E-state index contributed by atoms with van der Waals surface area (Å²) in [5, 5.41) is 20.0. The number of benzene rings is 2. The van der Waals surface area contributed by atoms with E-state index in [0.717, 1.165) is 22.0 Å². The quantitative estimate of drug-likeness (QED) is 0.138. The molecule has 12 nitrogen and oxygen atoms in total. The molecule has 12 heteroatoms. The molecule has 4 N–H and O–H groups in total. The van der Waals surface area contributed by atoms with Gasteiger partial charge in [-0.1, -0.05) is 67.5 Å². The SMILES string of the molecule is CC(C)[C@H](NC(=O)Cc1c[nH]c2ccccc12)C1=NOC(Cc2ccccc2)(C(=O)N[C@@H](CC(=O)O)C(=O)C=[N+]=[N-])C1. The van der Waals surface area contributed by atoms with Crippen LogP contribution < -0.4 is 10.6 Å². The van der Waals surface area contributed by atoms with Crippen molar-refractivity contribution in [2.75, 3.05) is 0 Å². The van der Waals surface area contributed by atoms with Gasteiger partial charge in [0.15, 0.2) is 0 Å². The third-order valence-corrected chi connectivity index (χ3v) is 7.13. The van der Waals surface area contributed by atoms with Gasteiger partial charge in [-0.15, -0.1) is 0 Å². The van der Waals surface area contributed by atoms with Gasteiger partial charge in [0, 0.05) is 29.9 Å². The Balaban J connectivity index is 1.56. The number of aromatic amines is 1. The van der Waals surface area contributed by atoms with Gasteiger partial charge in [-0.3, -0.25) is 19.2 Å². The fourth-order valence-corrected chi connectivity index (χ4v) is 5.04. The number of carboxylic acids is 1. The number of para-hydroxylation sites is 1. The number of hydrogen-bond acceptors (Lipinski definition) is 6. The van der Waals surface area contributed by atoms with Crippen LogP contribution in [0.5, 0.6) is 0 Å². The van der Waals surface area contributed by atoms with E-state index in [1.807, 2.05) is 44.2 Å². The number of H-pyrrole nitrogens is 1. The maximum atomic E-state index is 13.7. The zero-order valence-electron chi connectivity index (χ0n) is 23.2. The Morgan fingerprint density at radius 1 is 1.12 bits per heavy atom. The molecule has 0 aliphatic carbocycles. The van der Waals surface area contributed by atoms with Crippen molar-refractivity contribution in [3.8, 4) is 0 Å². The molecule has 2 heterocycles. The Morgan fingerprint density at radius 2 is 1.83 bits per heavy atom. The average Bonchev–Trinajstić information content (AvgIpc) is 3.57. The van der Waals surface area contributed by atoms with E-state index in [1.54, 1.807) is 30.5 Å². The predicted molar refractivity (Wildman–Crippen MR) is 154 cm³/mol. The van der Waals surface area contributed by atoms with Crippen molar-refractivity contribution in [3.05, 3.63) is 77.5 Å². The van der Waals surface area contributed by atoms with Crippen molar-refractivity contribution in [1.82, 2.24) is 15.6 Å². The normalized spacial score (nSPS) is 17.5. The van der Waals surface area contributed by atoms with E-state index in [9.17, 15) is 24.3 Å². The molecule has 0 fully saturated rings. The Morgan fingerprint density at radius 3 is 2.52 bits per heavy atom. The molecule has 0 saturated carbocycles. The molecule has 4 rings (SSSR count). The number of aromatic nitrogens is 1. The lowest BCUT2D eigenvalue weighted by molar-refractivity contribution is -0.147. The van der Waals surface area contributed by atoms with Crippen LogP contribution in [0.1, 0.15) is 37.8 Å². The molecule has 1 aliphatic rings. The summed E-state index contributed by atoms with van der Waals surface area (Å²) >= 11 is 0. The van der Waals surface area contributed by atoms with Crippen molar-refractivity contribution >= 4 is 46.4 Å². The number of amides is 2. The Kier molecular flexibility index (Phi) is 9.28. The van der Waals surface area contributed by atoms with Gasteiger partial charge in [-0.2, -0.15) is 4.79 Å². The second kappa shape index (κ2) is 13.0. The van der Waals surface area contributed by atoms with Gasteiger partial charge >= 0.3 is 12.2 Å². The number of aliphatic carboxylic acids is 1. The molecular formula is C30H32N6O6. The van der Waals surface area contributed by atoms with Gasteiger partial charge in [0.2, 0.25) is 11.5 Å². The van der Waals surface area contributed by atoms with Gasteiger partial charge in [0.05, 0.1) is 24.6 Å². The van der Waals surface area contributed by atoms with Crippen LogP contribution in [0.15, 0.2) is 65.9 Å². The minimum absolute atomic E-state index is 0.0218. The summed E-state index contributed by atoms with van der Waals surface area (Å²) < 4.78 is 0. The molecule has 0 saturated heterocycles. The summed E-state index contributed by atoms with van der Waals surface area (Å²) in [4.78, 5) is 62.3. The third kappa shape index (κ3) is 6.97. The summed E-state index contributed by atoms with van der Waals surface area (Å²) in [5.74, 6) is -3.34. The van der Waals surface area contributed by atoms with Crippen molar-refractivity contribution in [2.24, 2.45) is 11.1 Å². The van der Waals surface area contributed by atoms with E-state index in [4.69, 9.17) is 10.4 Å². The minimum atomic E-state index is -1.63. The smallest absolute Gasteiger partial charge is 0.325 e. The second-order valence-electron chi connectivity index (χ2n) is 10.6. The number of carboxylic acid groups (broad SMARTS) is 1. The highest BCUT2D eigenvalue weighted by Crippen LogP contribution is 2.31. The van der Waals surface area contributed by atoms with E-state index in [-0.39, 0.29) is 31.1 Å². The topological polar surface area (TPSA) is 186 Å². The Bertz CT molecular complexity index is 1560. The molecule has 1 aliphatic heterocycles. The number of carbonyl (C=O) groups excluding carboxylic acids is 3. The zero-order chi connectivity index (χ0) is 30.3. The van der Waals surface area contributed by atoms with Gasteiger partial charge in [0.25, 0.3) is 11.7 Å². The summed E-state index contributed by atoms with van der Waals surface area (Å²) in [6.07, 6.45) is 1.77. The van der Waals surface area contributed by atoms with E-state index in [2.05, 4.69) is 25.6 Å². The molecule has 0 bridgehead atoms. The second-order valence-corrected chi connectivity index (χ2v) is 10.6. The summed E-state index contributed by atoms with van der Waals surface area (Å²) in [6, 6.07) is 14.7. The van der Waals surface area contributed by atoms with E-state index in [0.29, 0.717) is 11.9 Å². The Labute approximate surface area is 241 Å². The molecule has 2 amide bonds. The standard InChI is InChI=1S/C30H32N6O6/c1-18(2)28(35-26(38)12-20-16-32-22-11-7-6-10-21(20)22)24-15-30(42-36-24,14-19-8-4-3-5-9-19)29(41)34-23(13-27(39)40)25(37)17-33-31/h3-11,16-18,23,28,32H,12-15H2,1-2H3,(H,34,41)(H,35,38)(H,39,40)/t23-,28-,30?/m0/s1. The largest absolute Gasteiger partial charge is 0.481 e. The monoisotopic (exact) mass is 572 g/mol. The van der Waals surface area contributed by atoms with Crippen LogP contribution in [0.25, 0.3) is 16.4 Å². The molecular weight excluding hydrogens is 540 g/mol. The van der Waals surface area contributed by atoms with Crippen LogP contribution in [0.3, 0.4) is 0 Å². The molecule has 1 unspecified atom stereocenters. The summed E-state index contributed by atoms with van der Waals surface area (Å²) in [6.45, 7) is 3.82. The van der Waals surface area contributed by atoms with Gasteiger partial charge in [-0.25, -0.2) is 0 Å². The number of carbonyl (C=O) groups is 4. The number of nitrogens with one attached hydrogen (secondary N) is 3. The van der Waals surface area contributed by atoms with Crippen LogP contribution in [-0.4, -0.2) is 68.1 Å². The average molecular weight is 573 g/mol. The lowest BCUT2D eigenvalue weighted by Crippen LogP contribution is -2.55. The number of fused-ring (bicyclic) bond motifs is 1. The number of oxime groups is 1. The first kappa shape index (κ1) is 29.9. The molecule has 0 radical (unpaired) electrons. The third-order valence-electron chi connectivity index (χ3n) is 7.13. The van der Waals surface area contributed by atoms with E-state index >= 15 is 0 Å². The first-order valence-corrected chi connectivity index (χ1v) is 13.5. The van der Waals surface area contributed by atoms with Crippen LogP contribution in [-0.2, 0) is 36.9 Å². The molecule has 0 spiro atoms. The van der Waals surface area contributed by atoms with Crippen LogP contribution in [0, 0.1) is 5.92 Å². The van der Waals surface area contributed by atoms with Crippen molar-refractivity contribution in [2.45, 2.75) is 57.2 Å². The van der Waals surface area contributed by atoms with Crippen LogP contribution in [0.2, 0.25) is 0 Å². The molecule has 218 valence electrons. The number of ketones is 1. The fraction of sp³-hybridized carbons (Fsp3) is 0.333. The zero-order valence-corrected chi connectivity index (χ0v) is 23.2. The molecule has 1 aromatic heterocycles. The van der Waals surface area contributed by atoms with Crippen LogP contribution in [0.4, 0.5) is 0 Å². The highest BCUT2D eigenvalue weighted by Gasteiger charge is 2.49. The summed E-state index contributed by atoms with van der Waals surface area (Å²) in [5.41, 5.74) is 10.1. The van der Waals surface area contributed by atoms with Gasteiger partial charge in [-0.05, 0) is 23.1 Å². The molecule has 2 aromatic carbocycles. The first-order valence-electron chi connectivity index (χ1n) is 13.5. The van der Waals surface area contributed by atoms with Crippen molar-refractivity contribution < 1.29 is 33.9 Å². The number of hydrogen-bond donors (Lipinski definition) is 4. The first-order chi connectivity index (χ1) is 20.1. The van der Waals surface area contributed by atoms with Crippen LogP contribution >= 0.6 is 0 Å². The van der Waals surface area contributed by atoms with Gasteiger partial charge in [0.1, 0.15) is 6.04 Å². The minimum Gasteiger partial charge on any atom is -0.481 e. The number of nitrogens with zero attached hydrogens (tertiary/aromatic N) is 3. The van der Waals surface area contributed by atoms with E-state index < -0.39 is 41.8 Å². The number of rotatable bonds is 13. The highest BCUT2D eigenvalue weighted by atomic mass is 16.7. The van der Waals surface area contributed by atoms with Gasteiger partial charge < -0.3 is 31.1 Å². The Hall–Kier alpha value is -5.09. The molecule has 42 heavy (non-hydrogen) atoms. The molecule has 3 aromatic rings. The maximum Gasteiger partial charge on any atom is 0.325 e. The fourth-order valence-electron chi connectivity index (χ4n) is 5.04. The lowest BCUT2D eigenvalue weighted by atomic mass is 9.84.